The maximum atomic E-state index is 12.2. The van der Waals surface area contributed by atoms with Crippen molar-refractivity contribution in [1.82, 2.24) is 20.0 Å². The van der Waals surface area contributed by atoms with Crippen molar-refractivity contribution in [2.75, 3.05) is 5.32 Å². The number of pyridine rings is 1. The van der Waals surface area contributed by atoms with Crippen LogP contribution in [-0.2, 0) is 16.8 Å². The standard InChI is InChI=1S/C19H21N5O/c1-19(2,3)14-7-9-15(10-8-14)21-18(25)13-24-12-17(22-23-24)16-6-4-5-11-20-16/h4-12H,13H2,1-3H3,(H,21,25). The maximum Gasteiger partial charge on any atom is 0.246 e. The minimum atomic E-state index is -0.152. The molecule has 3 aromatic rings. The van der Waals surface area contributed by atoms with E-state index in [0.717, 1.165) is 11.4 Å². The first-order valence-corrected chi connectivity index (χ1v) is 8.14. The molecule has 0 spiro atoms. The number of carbonyl (C=O) groups is 1. The molecule has 6 heteroatoms. The highest BCUT2D eigenvalue weighted by Gasteiger charge is 2.13. The van der Waals surface area contributed by atoms with Gasteiger partial charge in [-0.15, -0.1) is 5.10 Å². The third-order valence-electron chi connectivity index (χ3n) is 3.81. The summed E-state index contributed by atoms with van der Waals surface area (Å²) in [5.41, 5.74) is 3.45. The highest BCUT2D eigenvalue weighted by molar-refractivity contribution is 5.90. The number of amides is 1. The molecule has 0 saturated carbocycles. The van der Waals surface area contributed by atoms with Crippen LogP contribution in [0.1, 0.15) is 26.3 Å². The van der Waals surface area contributed by atoms with Gasteiger partial charge in [-0.05, 0) is 35.2 Å². The van der Waals surface area contributed by atoms with Crippen LogP contribution in [0.5, 0.6) is 0 Å². The second kappa shape index (κ2) is 6.84. The molecule has 0 aliphatic rings. The van der Waals surface area contributed by atoms with Gasteiger partial charge in [-0.2, -0.15) is 0 Å². The van der Waals surface area contributed by atoms with E-state index in [2.05, 4.69) is 41.4 Å². The first kappa shape index (κ1) is 16.8. The predicted octanol–water partition coefficient (Wildman–Crippen LogP) is 3.28. The van der Waals surface area contributed by atoms with Crippen LogP contribution in [0, 0.1) is 0 Å². The summed E-state index contributed by atoms with van der Waals surface area (Å²) in [6, 6.07) is 13.5. The van der Waals surface area contributed by atoms with Crippen molar-refractivity contribution in [3.05, 3.63) is 60.4 Å². The fraction of sp³-hybridized carbons (Fsp3) is 0.263. The highest BCUT2D eigenvalue weighted by Crippen LogP contribution is 2.23. The van der Waals surface area contributed by atoms with Crippen LogP contribution in [-0.4, -0.2) is 25.9 Å². The van der Waals surface area contributed by atoms with E-state index < -0.39 is 0 Å². The average molecular weight is 335 g/mol. The molecule has 0 bridgehead atoms. The number of hydrogen-bond donors (Lipinski definition) is 1. The normalized spacial score (nSPS) is 11.3. The average Bonchev–Trinajstić information content (AvgIpc) is 3.03. The molecule has 3 rings (SSSR count). The van der Waals surface area contributed by atoms with Gasteiger partial charge in [-0.1, -0.05) is 44.2 Å². The maximum absolute atomic E-state index is 12.2. The molecule has 0 atom stereocenters. The summed E-state index contributed by atoms with van der Waals surface area (Å²) >= 11 is 0. The summed E-state index contributed by atoms with van der Waals surface area (Å²) < 4.78 is 1.50. The lowest BCUT2D eigenvalue weighted by molar-refractivity contribution is -0.116. The fourth-order valence-corrected chi connectivity index (χ4v) is 2.41. The highest BCUT2D eigenvalue weighted by atomic mass is 16.2. The molecule has 128 valence electrons. The lowest BCUT2D eigenvalue weighted by Crippen LogP contribution is -2.19. The first-order valence-electron chi connectivity index (χ1n) is 8.14. The van der Waals surface area contributed by atoms with Crippen molar-refractivity contribution < 1.29 is 4.79 Å². The SMILES string of the molecule is CC(C)(C)c1ccc(NC(=O)Cn2cc(-c3ccccn3)nn2)cc1. The molecular weight excluding hydrogens is 314 g/mol. The lowest BCUT2D eigenvalue weighted by atomic mass is 9.87. The molecule has 1 N–H and O–H groups in total. The summed E-state index contributed by atoms with van der Waals surface area (Å²) in [4.78, 5) is 16.4. The summed E-state index contributed by atoms with van der Waals surface area (Å²) in [6.07, 6.45) is 3.41. The number of aromatic nitrogens is 4. The molecule has 1 aromatic carbocycles. The van der Waals surface area contributed by atoms with E-state index in [1.54, 1.807) is 12.4 Å². The first-order chi connectivity index (χ1) is 11.9. The van der Waals surface area contributed by atoms with Crippen LogP contribution in [0.2, 0.25) is 0 Å². The molecule has 0 fully saturated rings. The van der Waals surface area contributed by atoms with Gasteiger partial charge >= 0.3 is 0 Å². The van der Waals surface area contributed by atoms with E-state index in [1.165, 1.54) is 10.2 Å². The molecule has 0 aliphatic heterocycles. The van der Waals surface area contributed by atoms with E-state index in [-0.39, 0.29) is 17.9 Å². The van der Waals surface area contributed by atoms with Gasteiger partial charge in [0.2, 0.25) is 5.91 Å². The van der Waals surface area contributed by atoms with Gasteiger partial charge in [-0.3, -0.25) is 9.78 Å². The van der Waals surface area contributed by atoms with Gasteiger partial charge in [0.15, 0.2) is 0 Å². The molecule has 0 radical (unpaired) electrons. The molecule has 2 aromatic heterocycles. The Kier molecular flexibility index (Phi) is 4.61. The summed E-state index contributed by atoms with van der Waals surface area (Å²) in [6.45, 7) is 6.57. The second-order valence-corrected chi connectivity index (χ2v) is 6.89. The van der Waals surface area contributed by atoms with Crippen LogP contribution < -0.4 is 5.32 Å². The van der Waals surface area contributed by atoms with Crippen molar-refractivity contribution in [1.29, 1.82) is 0 Å². The largest absolute Gasteiger partial charge is 0.324 e. The number of nitrogens with one attached hydrogen (secondary N) is 1. The Hall–Kier alpha value is -3.02. The van der Waals surface area contributed by atoms with Gasteiger partial charge in [0.1, 0.15) is 12.2 Å². The second-order valence-electron chi connectivity index (χ2n) is 6.89. The Bertz CT molecular complexity index is 848. The van der Waals surface area contributed by atoms with Crippen LogP contribution >= 0.6 is 0 Å². The Morgan fingerprint density at radius 1 is 1.08 bits per heavy atom. The Labute approximate surface area is 146 Å². The Morgan fingerprint density at radius 3 is 2.48 bits per heavy atom. The van der Waals surface area contributed by atoms with Crippen molar-refractivity contribution >= 4 is 11.6 Å². The number of carbonyl (C=O) groups excluding carboxylic acids is 1. The molecule has 2 heterocycles. The van der Waals surface area contributed by atoms with Gasteiger partial charge in [0.05, 0.1) is 11.9 Å². The predicted molar refractivity (Wildman–Crippen MR) is 97.0 cm³/mol. The van der Waals surface area contributed by atoms with Crippen LogP contribution in [0.3, 0.4) is 0 Å². The van der Waals surface area contributed by atoms with Crippen LogP contribution in [0.25, 0.3) is 11.4 Å². The van der Waals surface area contributed by atoms with Gasteiger partial charge < -0.3 is 5.32 Å². The smallest absolute Gasteiger partial charge is 0.246 e. The molecular formula is C19H21N5O. The zero-order valence-electron chi connectivity index (χ0n) is 14.6. The number of nitrogens with zero attached hydrogens (tertiary/aromatic N) is 4. The quantitative estimate of drug-likeness (QED) is 0.794. The number of rotatable bonds is 4. The van der Waals surface area contributed by atoms with Gasteiger partial charge in [0, 0.05) is 11.9 Å². The summed E-state index contributed by atoms with van der Waals surface area (Å²) in [7, 11) is 0. The molecule has 25 heavy (non-hydrogen) atoms. The zero-order chi connectivity index (χ0) is 17.9. The minimum Gasteiger partial charge on any atom is -0.324 e. The fourth-order valence-electron chi connectivity index (χ4n) is 2.41. The Morgan fingerprint density at radius 2 is 1.84 bits per heavy atom. The van der Waals surface area contributed by atoms with Crippen molar-refractivity contribution in [2.45, 2.75) is 32.7 Å². The monoisotopic (exact) mass is 335 g/mol. The topological polar surface area (TPSA) is 72.7 Å². The van der Waals surface area contributed by atoms with E-state index in [0.29, 0.717) is 5.69 Å². The van der Waals surface area contributed by atoms with E-state index in [9.17, 15) is 4.79 Å². The summed E-state index contributed by atoms with van der Waals surface area (Å²) in [5, 5.41) is 10.9. The van der Waals surface area contributed by atoms with Gasteiger partial charge in [0.25, 0.3) is 0 Å². The molecule has 6 nitrogen and oxygen atoms in total. The van der Waals surface area contributed by atoms with E-state index in [4.69, 9.17) is 0 Å². The molecule has 0 aliphatic carbocycles. The van der Waals surface area contributed by atoms with Crippen LogP contribution in [0.15, 0.2) is 54.9 Å². The Balaban J connectivity index is 1.62. The van der Waals surface area contributed by atoms with Gasteiger partial charge in [-0.25, -0.2) is 4.68 Å². The number of hydrogen-bond acceptors (Lipinski definition) is 4. The minimum absolute atomic E-state index is 0.0884. The van der Waals surface area contributed by atoms with Crippen molar-refractivity contribution in [3.63, 3.8) is 0 Å². The number of anilines is 1. The van der Waals surface area contributed by atoms with Crippen molar-refractivity contribution in [3.8, 4) is 11.4 Å². The van der Waals surface area contributed by atoms with Crippen LogP contribution in [0.4, 0.5) is 5.69 Å². The third kappa shape index (κ3) is 4.29. The number of benzene rings is 1. The third-order valence-corrected chi connectivity index (χ3v) is 3.81. The summed E-state index contributed by atoms with van der Waals surface area (Å²) in [5.74, 6) is -0.152. The molecule has 1 amide bonds. The van der Waals surface area contributed by atoms with E-state index in [1.807, 2.05) is 42.5 Å². The van der Waals surface area contributed by atoms with E-state index >= 15 is 0 Å². The zero-order valence-corrected chi connectivity index (χ0v) is 14.6. The molecule has 0 unspecified atom stereocenters. The molecule has 0 saturated heterocycles. The lowest BCUT2D eigenvalue weighted by Gasteiger charge is -2.19. The van der Waals surface area contributed by atoms with Crippen molar-refractivity contribution in [2.24, 2.45) is 0 Å².